The van der Waals surface area contributed by atoms with Crippen LogP contribution in [0.5, 0.6) is 0 Å². The predicted octanol–water partition coefficient (Wildman–Crippen LogP) is 5.29. The standard InChI is InChI=1S/C24H25FN4O.ClH/c1-15-10-24(28-17(3)21-12-19(25)11-18(14-26)16(21)2)22-13-20(4-5-23(22)27-15)29-6-8-30-9-7-29;/h4-5,10-13,17H,6-9H2,1-3H3,(H,27,28);1H. The number of ether oxygens (including phenoxy) is 1. The van der Waals surface area contributed by atoms with Gasteiger partial charge in [-0.25, -0.2) is 4.39 Å². The predicted molar refractivity (Wildman–Crippen MR) is 125 cm³/mol. The number of nitrogens with zero attached hydrogens (tertiary/aromatic N) is 3. The van der Waals surface area contributed by atoms with Gasteiger partial charge in [0, 0.05) is 41.6 Å². The quantitative estimate of drug-likeness (QED) is 0.597. The maximum Gasteiger partial charge on any atom is 0.124 e. The Morgan fingerprint density at radius 1 is 1.16 bits per heavy atom. The maximum absolute atomic E-state index is 14.1. The first-order valence-corrected chi connectivity index (χ1v) is 10.2. The third-order valence-electron chi connectivity index (χ3n) is 5.67. The molecule has 3 aromatic rings. The number of hydrogen-bond acceptors (Lipinski definition) is 5. The summed E-state index contributed by atoms with van der Waals surface area (Å²) < 4.78 is 19.5. The summed E-state index contributed by atoms with van der Waals surface area (Å²) in [5, 5.41) is 13.9. The molecule has 162 valence electrons. The Labute approximate surface area is 188 Å². The highest BCUT2D eigenvalue weighted by Crippen LogP contribution is 2.32. The average Bonchev–Trinajstić information content (AvgIpc) is 2.75. The van der Waals surface area contributed by atoms with E-state index in [2.05, 4.69) is 33.4 Å². The van der Waals surface area contributed by atoms with Crippen molar-refractivity contribution in [3.05, 3.63) is 64.6 Å². The highest BCUT2D eigenvalue weighted by molar-refractivity contribution is 5.94. The molecule has 1 aliphatic rings. The summed E-state index contributed by atoms with van der Waals surface area (Å²) in [6.07, 6.45) is 0. The highest BCUT2D eigenvalue weighted by atomic mass is 35.5. The lowest BCUT2D eigenvalue weighted by atomic mass is 9.97. The van der Waals surface area contributed by atoms with Crippen LogP contribution >= 0.6 is 12.4 Å². The van der Waals surface area contributed by atoms with E-state index in [4.69, 9.17) is 4.74 Å². The van der Waals surface area contributed by atoms with Crippen molar-refractivity contribution in [3.8, 4) is 6.07 Å². The van der Waals surface area contributed by atoms with E-state index in [0.29, 0.717) is 5.56 Å². The van der Waals surface area contributed by atoms with Crippen LogP contribution in [-0.4, -0.2) is 31.3 Å². The van der Waals surface area contributed by atoms with Crippen molar-refractivity contribution >= 4 is 34.7 Å². The summed E-state index contributed by atoms with van der Waals surface area (Å²) in [7, 11) is 0. The van der Waals surface area contributed by atoms with E-state index in [0.717, 1.165) is 65.4 Å². The Bertz CT molecular complexity index is 1140. The lowest BCUT2D eigenvalue weighted by molar-refractivity contribution is 0.122. The number of rotatable bonds is 4. The largest absolute Gasteiger partial charge is 0.378 e. The molecule has 1 saturated heterocycles. The first-order valence-electron chi connectivity index (χ1n) is 10.2. The summed E-state index contributed by atoms with van der Waals surface area (Å²) in [5.41, 5.74) is 5.84. The van der Waals surface area contributed by atoms with Gasteiger partial charge in [0.15, 0.2) is 0 Å². The number of morpholine rings is 1. The van der Waals surface area contributed by atoms with Crippen molar-refractivity contribution in [1.29, 1.82) is 5.26 Å². The van der Waals surface area contributed by atoms with Gasteiger partial charge >= 0.3 is 0 Å². The molecule has 1 unspecified atom stereocenters. The molecule has 2 aromatic carbocycles. The third kappa shape index (κ3) is 4.73. The minimum absolute atomic E-state index is 0. The first kappa shape index (κ1) is 22.8. The molecule has 0 spiro atoms. The van der Waals surface area contributed by atoms with Crippen molar-refractivity contribution in [3.63, 3.8) is 0 Å². The molecule has 0 radical (unpaired) electrons. The molecule has 1 N–H and O–H groups in total. The molecule has 2 heterocycles. The number of pyridine rings is 1. The van der Waals surface area contributed by atoms with Gasteiger partial charge in [-0.2, -0.15) is 5.26 Å². The summed E-state index contributed by atoms with van der Waals surface area (Å²) in [6, 6.07) is 13.0. The van der Waals surface area contributed by atoms with Gasteiger partial charge in [-0.15, -0.1) is 12.4 Å². The second-order valence-electron chi connectivity index (χ2n) is 7.76. The van der Waals surface area contributed by atoms with Crippen LogP contribution in [0, 0.1) is 31.0 Å². The molecule has 7 heteroatoms. The number of aromatic nitrogens is 1. The van der Waals surface area contributed by atoms with Crippen molar-refractivity contribution in [2.75, 3.05) is 36.5 Å². The minimum Gasteiger partial charge on any atom is -0.378 e. The van der Waals surface area contributed by atoms with E-state index in [1.807, 2.05) is 32.9 Å². The van der Waals surface area contributed by atoms with E-state index in [1.165, 1.54) is 12.1 Å². The Kier molecular flexibility index (Phi) is 6.99. The topological polar surface area (TPSA) is 61.2 Å². The van der Waals surface area contributed by atoms with Gasteiger partial charge in [0.2, 0.25) is 0 Å². The van der Waals surface area contributed by atoms with Crippen molar-refractivity contribution in [2.24, 2.45) is 0 Å². The molecule has 1 aromatic heterocycles. The normalized spacial score (nSPS) is 14.6. The van der Waals surface area contributed by atoms with Gasteiger partial charge in [0.05, 0.1) is 30.4 Å². The van der Waals surface area contributed by atoms with E-state index in [-0.39, 0.29) is 18.4 Å². The Hall–Kier alpha value is -2.88. The summed E-state index contributed by atoms with van der Waals surface area (Å²) in [5.74, 6) is -0.397. The lowest BCUT2D eigenvalue weighted by Crippen LogP contribution is -2.36. The number of anilines is 2. The van der Waals surface area contributed by atoms with E-state index >= 15 is 0 Å². The van der Waals surface area contributed by atoms with Crippen LogP contribution in [0.3, 0.4) is 0 Å². The summed E-state index contributed by atoms with van der Waals surface area (Å²) in [6.45, 7) is 8.99. The maximum atomic E-state index is 14.1. The van der Waals surface area contributed by atoms with Gasteiger partial charge in [-0.1, -0.05) is 0 Å². The molecule has 31 heavy (non-hydrogen) atoms. The molecule has 0 bridgehead atoms. The van der Waals surface area contributed by atoms with Gasteiger partial charge in [0.25, 0.3) is 0 Å². The number of halogens is 2. The fourth-order valence-electron chi connectivity index (χ4n) is 4.06. The molecular weight excluding hydrogens is 415 g/mol. The molecule has 0 saturated carbocycles. The molecular formula is C24H26ClFN4O. The number of nitriles is 1. The smallest absolute Gasteiger partial charge is 0.124 e. The molecule has 1 aliphatic heterocycles. The lowest BCUT2D eigenvalue weighted by Gasteiger charge is -2.29. The second kappa shape index (κ2) is 9.51. The molecule has 1 fully saturated rings. The van der Waals surface area contributed by atoms with Gasteiger partial charge < -0.3 is 15.0 Å². The number of nitrogens with one attached hydrogen (secondary N) is 1. The van der Waals surface area contributed by atoms with Crippen LogP contribution in [0.15, 0.2) is 36.4 Å². The van der Waals surface area contributed by atoms with E-state index in [9.17, 15) is 9.65 Å². The Morgan fingerprint density at radius 2 is 1.90 bits per heavy atom. The number of aryl methyl sites for hydroxylation is 1. The van der Waals surface area contributed by atoms with Crippen molar-refractivity contribution in [2.45, 2.75) is 26.8 Å². The van der Waals surface area contributed by atoms with Gasteiger partial charge in [-0.05, 0) is 68.3 Å². The van der Waals surface area contributed by atoms with Gasteiger partial charge in [0.1, 0.15) is 5.82 Å². The number of hydrogen-bond donors (Lipinski definition) is 1. The summed E-state index contributed by atoms with van der Waals surface area (Å²) >= 11 is 0. The van der Waals surface area contributed by atoms with Crippen LogP contribution in [0.4, 0.5) is 15.8 Å². The summed E-state index contributed by atoms with van der Waals surface area (Å²) in [4.78, 5) is 6.99. The molecule has 5 nitrogen and oxygen atoms in total. The fraction of sp³-hybridized carbons (Fsp3) is 0.333. The van der Waals surface area contributed by atoms with Crippen LogP contribution < -0.4 is 10.2 Å². The average molecular weight is 441 g/mol. The van der Waals surface area contributed by atoms with Crippen molar-refractivity contribution in [1.82, 2.24) is 4.98 Å². The zero-order valence-electron chi connectivity index (χ0n) is 17.9. The minimum atomic E-state index is -0.397. The van der Waals surface area contributed by atoms with E-state index < -0.39 is 5.82 Å². The third-order valence-corrected chi connectivity index (χ3v) is 5.67. The van der Waals surface area contributed by atoms with Crippen LogP contribution in [0.1, 0.15) is 35.3 Å². The zero-order chi connectivity index (χ0) is 21.3. The number of benzene rings is 2. The Morgan fingerprint density at radius 3 is 2.61 bits per heavy atom. The molecule has 4 rings (SSSR count). The van der Waals surface area contributed by atoms with Crippen LogP contribution in [-0.2, 0) is 4.74 Å². The second-order valence-corrected chi connectivity index (χ2v) is 7.76. The van der Waals surface area contributed by atoms with Crippen LogP contribution in [0.25, 0.3) is 10.9 Å². The zero-order valence-corrected chi connectivity index (χ0v) is 18.7. The number of fused-ring (bicyclic) bond motifs is 1. The monoisotopic (exact) mass is 440 g/mol. The fourth-order valence-corrected chi connectivity index (χ4v) is 4.06. The molecule has 0 amide bonds. The van der Waals surface area contributed by atoms with Crippen LogP contribution in [0.2, 0.25) is 0 Å². The van der Waals surface area contributed by atoms with Crippen molar-refractivity contribution < 1.29 is 9.13 Å². The first-order chi connectivity index (χ1) is 14.5. The molecule has 1 atom stereocenters. The SMILES string of the molecule is Cc1cc(NC(C)c2cc(F)cc(C#N)c2C)c2cc(N3CCOCC3)ccc2n1.Cl. The Balaban J connectivity index is 0.00000272. The highest BCUT2D eigenvalue weighted by Gasteiger charge is 2.17. The van der Waals surface area contributed by atoms with Gasteiger partial charge in [-0.3, -0.25) is 4.98 Å². The molecule has 0 aliphatic carbocycles. The van der Waals surface area contributed by atoms with E-state index in [1.54, 1.807) is 0 Å².